The molecule has 2 rings (SSSR count). The number of aromatic nitrogens is 1. The topological polar surface area (TPSA) is 126 Å². The van der Waals surface area contributed by atoms with Gasteiger partial charge in [0.1, 0.15) is 12.1 Å². The van der Waals surface area contributed by atoms with Crippen molar-refractivity contribution in [1.82, 2.24) is 10.3 Å². The van der Waals surface area contributed by atoms with Crippen molar-refractivity contribution in [3.63, 3.8) is 0 Å². The van der Waals surface area contributed by atoms with Crippen LogP contribution in [0.3, 0.4) is 0 Å². The molecule has 2 heterocycles. The zero-order chi connectivity index (χ0) is 32.7. The van der Waals surface area contributed by atoms with E-state index < -0.39 is 18.0 Å². The number of hydrogen-bond acceptors (Lipinski definition) is 9. The van der Waals surface area contributed by atoms with Crippen molar-refractivity contribution in [2.24, 2.45) is 23.7 Å². The summed E-state index contributed by atoms with van der Waals surface area (Å²) in [4.78, 5) is 38.2. The quantitative estimate of drug-likeness (QED) is 0.264. The lowest BCUT2D eigenvalue weighted by Gasteiger charge is -2.23. The Morgan fingerprint density at radius 3 is 2.17 bits per heavy atom. The van der Waals surface area contributed by atoms with Gasteiger partial charge in [-0.2, -0.15) is 0 Å². The van der Waals surface area contributed by atoms with E-state index in [1.807, 2.05) is 53.7 Å². The fourth-order valence-corrected chi connectivity index (χ4v) is 5.02. The molecule has 5 unspecified atom stereocenters. The summed E-state index contributed by atoms with van der Waals surface area (Å²) in [5.74, 6) is 0.214. The van der Waals surface area contributed by atoms with Gasteiger partial charge in [-0.3, -0.25) is 9.59 Å². The maximum atomic E-state index is 12.4. The Kier molecular flexibility index (Phi) is 24.6. The summed E-state index contributed by atoms with van der Waals surface area (Å²) in [6.45, 7) is 19.0. The predicted molar refractivity (Wildman–Crippen MR) is 174 cm³/mol. The van der Waals surface area contributed by atoms with Crippen LogP contribution in [0.15, 0.2) is 11.5 Å². The van der Waals surface area contributed by atoms with E-state index in [4.69, 9.17) is 9.84 Å². The lowest BCUT2D eigenvalue weighted by atomic mass is 9.83. The van der Waals surface area contributed by atoms with Crippen molar-refractivity contribution >= 4 is 35.5 Å². The maximum absolute atomic E-state index is 12.4. The minimum absolute atomic E-state index is 0.0533. The van der Waals surface area contributed by atoms with Crippen molar-refractivity contribution in [2.45, 2.75) is 119 Å². The second kappa shape index (κ2) is 24.5. The number of aliphatic hydroxyl groups is 2. The number of ketones is 1. The Hall–Kier alpha value is -1.94. The fraction of sp³-hybridized carbons (Fsp3) is 0.758. The number of nitrogens with one attached hydrogen (secondary N) is 1. The van der Waals surface area contributed by atoms with Crippen LogP contribution in [0.2, 0.25) is 0 Å². The molecule has 1 aromatic heterocycles. The van der Waals surface area contributed by atoms with Gasteiger partial charge in [0, 0.05) is 29.9 Å². The number of thiazole rings is 1. The van der Waals surface area contributed by atoms with Crippen LogP contribution in [-0.2, 0) is 19.1 Å². The van der Waals surface area contributed by atoms with Crippen LogP contribution < -0.4 is 5.32 Å². The van der Waals surface area contributed by atoms with Gasteiger partial charge >= 0.3 is 5.97 Å². The average Bonchev–Trinajstić information content (AvgIpc) is 3.34. The van der Waals surface area contributed by atoms with E-state index >= 15 is 0 Å². The molecule has 9 heteroatoms. The lowest BCUT2D eigenvalue weighted by Crippen LogP contribution is -2.36. The number of Topliss-reactive ketones (excluding diaryl/α,β-unsaturated/α-hetero) is 1. The molecule has 0 amide bonds. The Morgan fingerprint density at radius 1 is 1.07 bits per heavy atom. The summed E-state index contributed by atoms with van der Waals surface area (Å²) in [5.41, 5.74) is 1.14. The van der Waals surface area contributed by atoms with Gasteiger partial charge in [0.05, 0.1) is 36.4 Å². The number of allylic oxidation sites excluding steroid dienone is 1. The molecule has 1 fully saturated rings. The molecule has 1 aliphatic rings. The zero-order valence-corrected chi connectivity index (χ0v) is 28.8. The van der Waals surface area contributed by atoms with Gasteiger partial charge in [-0.05, 0) is 71.8 Å². The molecule has 0 aromatic carbocycles. The van der Waals surface area contributed by atoms with Crippen LogP contribution in [0.25, 0.3) is 6.08 Å². The van der Waals surface area contributed by atoms with E-state index in [1.54, 1.807) is 18.3 Å². The van der Waals surface area contributed by atoms with Gasteiger partial charge in [0.25, 0.3) is 0 Å². The number of aldehydes is 1. The fourth-order valence-electron chi connectivity index (χ4n) is 4.43. The van der Waals surface area contributed by atoms with Crippen molar-refractivity contribution in [3.05, 3.63) is 22.2 Å². The van der Waals surface area contributed by atoms with Crippen LogP contribution >= 0.6 is 11.3 Å². The minimum Gasteiger partial charge on any atom is -0.466 e. The van der Waals surface area contributed by atoms with Crippen LogP contribution in [0, 0.1) is 30.6 Å². The number of esters is 1. The summed E-state index contributed by atoms with van der Waals surface area (Å²) in [6, 6.07) is 0. The number of carbonyl (C=O) groups excluding carboxylic acids is 3. The van der Waals surface area contributed by atoms with E-state index in [0.717, 1.165) is 49.8 Å². The number of aryl methyl sites for hydroxylation is 1. The van der Waals surface area contributed by atoms with Crippen molar-refractivity contribution in [2.75, 3.05) is 20.3 Å². The molecule has 42 heavy (non-hydrogen) atoms. The Bertz CT molecular complexity index is 880. The molecule has 244 valence electrons. The maximum Gasteiger partial charge on any atom is 0.308 e. The van der Waals surface area contributed by atoms with Crippen LogP contribution in [0.5, 0.6) is 0 Å². The highest BCUT2D eigenvalue weighted by Gasteiger charge is 2.29. The van der Waals surface area contributed by atoms with E-state index in [9.17, 15) is 19.5 Å². The SMILES string of the molecule is C/C=C\c1csc(C)n1.CC(C)(C)NCC=O.CC1CCCOC(=O)CC(O)C(C)C(=O)C(C)CC(C)CCC1.CO. The van der Waals surface area contributed by atoms with Crippen LogP contribution in [0.1, 0.15) is 111 Å². The summed E-state index contributed by atoms with van der Waals surface area (Å²) >= 11 is 1.68. The first-order valence-corrected chi connectivity index (χ1v) is 16.1. The summed E-state index contributed by atoms with van der Waals surface area (Å²) in [5, 5.41) is 23.3. The van der Waals surface area contributed by atoms with E-state index in [-0.39, 0.29) is 23.7 Å². The Balaban J connectivity index is 0. The minimum atomic E-state index is -0.945. The highest BCUT2D eigenvalue weighted by atomic mass is 32.1. The number of ether oxygens (including phenoxy) is 1. The van der Waals surface area contributed by atoms with Crippen LogP contribution in [0.4, 0.5) is 0 Å². The highest BCUT2D eigenvalue weighted by Crippen LogP contribution is 2.25. The number of nitrogens with zero attached hydrogens (tertiary/aromatic N) is 1. The third kappa shape index (κ3) is 22.6. The van der Waals surface area contributed by atoms with Gasteiger partial charge in [-0.25, -0.2) is 4.98 Å². The first-order valence-electron chi connectivity index (χ1n) is 15.3. The first-order chi connectivity index (χ1) is 19.7. The van der Waals surface area contributed by atoms with E-state index in [2.05, 4.69) is 29.5 Å². The van der Waals surface area contributed by atoms with Gasteiger partial charge in [0.2, 0.25) is 0 Å². The van der Waals surface area contributed by atoms with Crippen molar-refractivity contribution in [1.29, 1.82) is 0 Å². The lowest BCUT2D eigenvalue weighted by molar-refractivity contribution is -0.147. The summed E-state index contributed by atoms with van der Waals surface area (Å²) < 4.78 is 5.18. The molecular weight excluding hydrogens is 552 g/mol. The molecular formula is C33H60N2O6S. The first kappa shape index (κ1) is 42.2. The molecule has 0 bridgehead atoms. The van der Waals surface area contributed by atoms with E-state index in [0.29, 0.717) is 25.0 Å². The second-order valence-corrected chi connectivity index (χ2v) is 13.3. The molecule has 8 nitrogen and oxygen atoms in total. The smallest absolute Gasteiger partial charge is 0.308 e. The van der Waals surface area contributed by atoms with Crippen LogP contribution in [-0.4, -0.2) is 65.1 Å². The Labute approximate surface area is 259 Å². The normalized spacial score (nSPS) is 24.6. The molecule has 0 spiro atoms. The average molecular weight is 613 g/mol. The number of aliphatic hydroxyl groups excluding tert-OH is 2. The monoisotopic (exact) mass is 612 g/mol. The third-order valence-corrected chi connectivity index (χ3v) is 7.62. The summed E-state index contributed by atoms with van der Waals surface area (Å²) in [7, 11) is 1.00. The molecule has 0 saturated carbocycles. The summed E-state index contributed by atoms with van der Waals surface area (Å²) in [6.07, 6.45) is 10.1. The number of hydrogen-bond donors (Lipinski definition) is 3. The third-order valence-electron chi connectivity index (χ3n) is 6.83. The highest BCUT2D eigenvalue weighted by molar-refractivity contribution is 7.09. The number of cyclic esters (lactones) is 1. The zero-order valence-electron chi connectivity index (χ0n) is 27.9. The molecule has 0 aliphatic carbocycles. The van der Waals surface area contributed by atoms with E-state index in [1.165, 1.54) is 12.8 Å². The van der Waals surface area contributed by atoms with Gasteiger partial charge < -0.3 is 25.1 Å². The standard InChI is InChI=1S/C19H34O4.C7H9NS.C6H13NO.CH4O/c1-13-7-5-8-14(2)11-15(3)19(22)16(4)17(20)12-18(21)23-10-6-9-13;1-3-4-7-5-9-6(2)8-7;1-6(2,3)7-4-5-8;1-2/h13-17,20H,5-12H2,1-4H3;3-5H,1-2H3;5,7H,4H2,1-3H3;2H,1H3/b;4-3-;;. The molecule has 1 aliphatic heterocycles. The van der Waals surface area contributed by atoms with Gasteiger partial charge in [-0.15, -0.1) is 11.3 Å². The molecule has 5 atom stereocenters. The molecule has 3 N–H and O–H groups in total. The molecule has 0 radical (unpaired) electrons. The number of rotatable bonds is 3. The predicted octanol–water partition coefficient (Wildman–Crippen LogP) is 6.41. The van der Waals surface area contributed by atoms with Gasteiger partial charge in [0.15, 0.2) is 0 Å². The number of carbonyl (C=O) groups is 3. The molecule has 1 saturated heterocycles. The van der Waals surface area contributed by atoms with Crippen molar-refractivity contribution in [3.8, 4) is 0 Å². The Morgan fingerprint density at radius 2 is 1.67 bits per heavy atom. The van der Waals surface area contributed by atoms with Gasteiger partial charge in [-0.1, -0.05) is 53.0 Å². The molecule has 1 aromatic rings. The second-order valence-electron chi connectivity index (χ2n) is 12.2. The van der Waals surface area contributed by atoms with Crippen molar-refractivity contribution < 1.29 is 29.3 Å². The largest absolute Gasteiger partial charge is 0.466 e.